The van der Waals surface area contributed by atoms with Crippen molar-refractivity contribution in [3.05, 3.63) is 68.3 Å². The van der Waals surface area contributed by atoms with Crippen LogP contribution in [0.15, 0.2) is 56.7 Å². The highest BCUT2D eigenvalue weighted by Gasteiger charge is 2.12. The molecule has 27 heavy (non-hydrogen) atoms. The molecule has 4 rings (SSSR count). The number of fused-ring (bicyclic) bond motifs is 2. The van der Waals surface area contributed by atoms with Gasteiger partial charge in [-0.05, 0) is 18.6 Å². The third-order valence-corrected chi connectivity index (χ3v) is 6.03. The number of unbranched alkanes of at least 4 members (excludes halogenated alkanes) is 1. The Morgan fingerprint density at radius 3 is 2.89 bits per heavy atom. The van der Waals surface area contributed by atoms with E-state index >= 15 is 0 Å². The molecule has 3 aromatic heterocycles. The molecule has 0 aliphatic heterocycles. The van der Waals surface area contributed by atoms with Crippen LogP contribution in [0, 0.1) is 0 Å². The van der Waals surface area contributed by atoms with E-state index < -0.39 is 0 Å². The molecule has 4 aromatic rings. The van der Waals surface area contributed by atoms with Crippen molar-refractivity contribution in [2.75, 3.05) is 0 Å². The number of hydrogen-bond acceptors (Lipinski definition) is 6. The van der Waals surface area contributed by atoms with Crippen LogP contribution in [0.4, 0.5) is 0 Å². The summed E-state index contributed by atoms with van der Waals surface area (Å²) in [7, 11) is 0. The monoisotopic (exact) mass is 398 g/mol. The fourth-order valence-electron chi connectivity index (χ4n) is 2.87. The Bertz CT molecular complexity index is 1230. The Kier molecular flexibility index (Phi) is 5.09. The molecule has 0 atom stereocenters. The van der Waals surface area contributed by atoms with Gasteiger partial charge in [-0.2, -0.15) is 0 Å². The van der Waals surface area contributed by atoms with Gasteiger partial charge in [0.2, 0.25) is 0 Å². The average Bonchev–Trinajstić information content (AvgIpc) is 3.15. The van der Waals surface area contributed by atoms with Gasteiger partial charge in [0.25, 0.3) is 11.1 Å². The van der Waals surface area contributed by atoms with E-state index in [0.717, 1.165) is 12.8 Å². The fraction of sp³-hybridized carbons (Fsp3) is 0.263. The molecule has 0 aliphatic rings. The van der Waals surface area contributed by atoms with Crippen LogP contribution < -0.4 is 11.1 Å². The summed E-state index contributed by atoms with van der Waals surface area (Å²) in [6.45, 7) is 2.73. The minimum Gasteiger partial charge on any atom is -0.287 e. The maximum absolute atomic E-state index is 12.9. The van der Waals surface area contributed by atoms with Gasteiger partial charge >= 0.3 is 0 Å². The first-order valence-corrected chi connectivity index (χ1v) is 10.6. The lowest BCUT2D eigenvalue weighted by Gasteiger charge is -2.12. The van der Waals surface area contributed by atoms with Crippen molar-refractivity contribution < 1.29 is 0 Å². The van der Waals surface area contributed by atoms with Gasteiger partial charge in [-0.25, -0.2) is 9.97 Å². The van der Waals surface area contributed by atoms with Crippen LogP contribution in [0.3, 0.4) is 0 Å². The number of thiazole rings is 1. The second-order valence-corrected chi connectivity index (χ2v) is 7.97. The minimum absolute atomic E-state index is 0.0155. The number of nitrogens with zero attached hydrogens (tertiary/aromatic N) is 4. The van der Waals surface area contributed by atoms with Crippen LogP contribution in [0.5, 0.6) is 0 Å². The van der Waals surface area contributed by atoms with Crippen molar-refractivity contribution in [2.24, 2.45) is 0 Å². The predicted molar refractivity (Wildman–Crippen MR) is 110 cm³/mol. The molecule has 0 aliphatic carbocycles. The zero-order valence-corrected chi connectivity index (χ0v) is 16.4. The lowest BCUT2D eigenvalue weighted by molar-refractivity contribution is 0.557. The molecule has 6 nitrogen and oxygen atoms in total. The topological polar surface area (TPSA) is 69.3 Å². The van der Waals surface area contributed by atoms with E-state index in [0.29, 0.717) is 39.0 Å². The van der Waals surface area contributed by atoms with E-state index in [9.17, 15) is 9.59 Å². The zero-order valence-electron chi connectivity index (χ0n) is 14.8. The molecule has 0 bridgehead atoms. The van der Waals surface area contributed by atoms with Gasteiger partial charge in [0.15, 0.2) is 10.1 Å². The second-order valence-electron chi connectivity index (χ2n) is 6.15. The summed E-state index contributed by atoms with van der Waals surface area (Å²) in [5.41, 5.74) is 1.28. The summed E-state index contributed by atoms with van der Waals surface area (Å²) >= 11 is 2.87. The maximum atomic E-state index is 12.9. The Hall–Kier alpha value is -2.45. The highest BCUT2D eigenvalue weighted by atomic mass is 32.2. The van der Waals surface area contributed by atoms with E-state index in [1.807, 2.05) is 29.6 Å². The molecular formula is C19H18N4O2S2. The summed E-state index contributed by atoms with van der Waals surface area (Å²) in [6.07, 6.45) is 3.63. The Morgan fingerprint density at radius 2 is 2.04 bits per heavy atom. The summed E-state index contributed by atoms with van der Waals surface area (Å²) in [5.74, 6) is 0.487. The van der Waals surface area contributed by atoms with Gasteiger partial charge in [-0.15, -0.1) is 11.3 Å². The van der Waals surface area contributed by atoms with Gasteiger partial charge in [-0.1, -0.05) is 37.2 Å². The van der Waals surface area contributed by atoms with Gasteiger partial charge in [0.1, 0.15) is 0 Å². The minimum atomic E-state index is -0.0910. The largest absolute Gasteiger partial charge is 0.287 e. The molecule has 138 valence electrons. The zero-order chi connectivity index (χ0) is 18.8. The predicted octanol–water partition coefficient (Wildman–Crippen LogP) is 3.56. The highest BCUT2D eigenvalue weighted by Crippen LogP contribution is 2.22. The molecule has 3 heterocycles. The molecule has 1 aromatic carbocycles. The van der Waals surface area contributed by atoms with Crippen molar-refractivity contribution in [2.45, 2.75) is 37.2 Å². The van der Waals surface area contributed by atoms with Gasteiger partial charge in [0, 0.05) is 29.9 Å². The normalized spacial score (nSPS) is 11.4. The van der Waals surface area contributed by atoms with Gasteiger partial charge in [0.05, 0.1) is 16.6 Å². The van der Waals surface area contributed by atoms with Crippen LogP contribution in [0.25, 0.3) is 15.9 Å². The molecule has 0 saturated carbocycles. The second kappa shape index (κ2) is 7.66. The summed E-state index contributed by atoms with van der Waals surface area (Å²) < 4.78 is 3.28. The third-order valence-electron chi connectivity index (χ3n) is 4.27. The van der Waals surface area contributed by atoms with Crippen molar-refractivity contribution in [3.63, 3.8) is 0 Å². The Morgan fingerprint density at radius 1 is 1.19 bits per heavy atom. The van der Waals surface area contributed by atoms with Crippen molar-refractivity contribution in [3.8, 4) is 0 Å². The Balaban J connectivity index is 1.71. The summed E-state index contributed by atoms with van der Waals surface area (Å²) in [6, 6.07) is 8.95. The van der Waals surface area contributed by atoms with Crippen LogP contribution in [-0.4, -0.2) is 18.9 Å². The van der Waals surface area contributed by atoms with Crippen LogP contribution >= 0.6 is 23.1 Å². The first kappa shape index (κ1) is 17.9. The summed E-state index contributed by atoms with van der Waals surface area (Å²) in [4.78, 5) is 35.0. The summed E-state index contributed by atoms with van der Waals surface area (Å²) in [5, 5.41) is 3.14. The number of rotatable bonds is 6. The first-order valence-electron chi connectivity index (χ1n) is 8.75. The molecule has 0 N–H and O–H groups in total. The number of aromatic nitrogens is 4. The first-order chi connectivity index (χ1) is 13.2. The van der Waals surface area contributed by atoms with Crippen LogP contribution in [0.2, 0.25) is 0 Å². The van der Waals surface area contributed by atoms with E-state index in [-0.39, 0.29) is 11.1 Å². The fourth-order valence-corrected chi connectivity index (χ4v) is 4.53. The molecule has 0 fully saturated rings. The average molecular weight is 399 g/mol. The lowest BCUT2D eigenvalue weighted by Crippen LogP contribution is -2.23. The van der Waals surface area contributed by atoms with E-state index in [2.05, 4.69) is 11.9 Å². The molecular weight excluding hydrogens is 380 g/mol. The molecule has 0 spiro atoms. The highest BCUT2D eigenvalue weighted by molar-refractivity contribution is 7.98. The number of para-hydroxylation sites is 1. The van der Waals surface area contributed by atoms with Crippen molar-refractivity contribution >= 4 is 39.0 Å². The molecule has 0 unspecified atom stereocenters. The number of benzene rings is 1. The lowest BCUT2D eigenvalue weighted by atomic mass is 10.2. The van der Waals surface area contributed by atoms with Crippen LogP contribution in [-0.2, 0) is 12.3 Å². The van der Waals surface area contributed by atoms with Gasteiger partial charge < -0.3 is 0 Å². The van der Waals surface area contributed by atoms with Crippen molar-refractivity contribution in [1.29, 1.82) is 0 Å². The number of hydrogen-bond donors (Lipinski definition) is 0. The van der Waals surface area contributed by atoms with Crippen LogP contribution in [0.1, 0.15) is 25.5 Å². The molecule has 0 amide bonds. The Labute approximate surface area is 163 Å². The van der Waals surface area contributed by atoms with E-state index in [1.165, 1.54) is 27.5 Å². The van der Waals surface area contributed by atoms with Crippen molar-refractivity contribution in [1.82, 2.24) is 18.9 Å². The third kappa shape index (κ3) is 3.54. The molecule has 0 saturated heterocycles. The number of thioether (sulfide) groups is 1. The van der Waals surface area contributed by atoms with E-state index in [4.69, 9.17) is 4.98 Å². The molecule has 0 radical (unpaired) electrons. The quantitative estimate of drug-likeness (QED) is 0.367. The van der Waals surface area contributed by atoms with E-state index in [1.54, 1.807) is 16.8 Å². The molecule has 8 heteroatoms. The maximum Gasteiger partial charge on any atom is 0.262 e. The smallest absolute Gasteiger partial charge is 0.262 e. The SMILES string of the molecule is CCCCn1c(SCc2cc(=O)n3ccsc3n2)nc2ccccc2c1=O. The standard InChI is InChI=1S/C19H18N4O2S2/c1-2-3-8-23-17(25)14-6-4-5-7-15(14)21-19(23)27-12-13-11-16(24)22-9-10-26-18(22)20-13/h4-7,9-11H,2-3,8,12H2,1H3. The van der Waals surface area contributed by atoms with Gasteiger partial charge in [-0.3, -0.25) is 18.6 Å².